The molecule has 130 valence electrons. The van der Waals surface area contributed by atoms with Gasteiger partial charge in [0.15, 0.2) is 5.89 Å². The minimum atomic E-state index is -0.225. The maximum atomic E-state index is 12.0. The van der Waals surface area contributed by atoms with Gasteiger partial charge in [-0.05, 0) is 24.1 Å². The Morgan fingerprint density at radius 2 is 2.12 bits per heavy atom. The summed E-state index contributed by atoms with van der Waals surface area (Å²) in [6.07, 6.45) is 5.27. The van der Waals surface area contributed by atoms with Crippen molar-refractivity contribution in [3.05, 3.63) is 54.9 Å². The second-order valence-electron chi connectivity index (χ2n) is 6.00. The van der Waals surface area contributed by atoms with Crippen LogP contribution in [0.1, 0.15) is 12.8 Å². The van der Waals surface area contributed by atoms with Crippen LogP contribution in [0.15, 0.2) is 53.4 Å². The molecular weight excluding hydrogens is 318 g/mol. The highest BCUT2D eigenvalue weighted by Crippen LogP contribution is 2.20. The van der Waals surface area contributed by atoms with Crippen LogP contribution >= 0.6 is 0 Å². The zero-order chi connectivity index (χ0) is 17.6. The molecule has 2 heterocycles. The summed E-state index contributed by atoms with van der Waals surface area (Å²) in [7, 11) is 0. The van der Waals surface area contributed by atoms with Crippen LogP contribution in [0.4, 0.5) is 10.5 Å². The molecule has 7 nitrogen and oxygen atoms in total. The molecule has 3 rings (SSSR count). The molecule has 0 radical (unpaired) electrons. The third-order valence-corrected chi connectivity index (χ3v) is 3.73. The number of nitrogens with one attached hydrogen (secondary N) is 2. The third kappa shape index (κ3) is 4.69. The Balaban J connectivity index is 1.47. The number of carbonyl (C=O) groups is 1. The molecule has 2 N–H and O–H groups in total. The average Bonchev–Trinajstić information content (AvgIpc) is 3.25. The molecule has 7 heteroatoms. The number of urea groups is 1. The zero-order valence-electron chi connectivity index (χ0n) is 14.3. The summed E-state index contributed by atoms with van der Waals surface area (Å²) in [4.78, 5) is 16.3. The van der Waals surface area contributed by atoms with E-state index in [1.165, 1.54) is 0 Å². The molecule has 1 aromatic carbocycles. The summed E-state index contributed by atoms with van der Waals surface area (Å²) in [5.41, 5.74) is 2.44. The normalized spacial score (nSPS) is 11.9. The highest BCUT2D eigenvalue weighted by molar-refractivity contribution is 5.89. The van der Waals surface area contributed by atoms with Gasteiger partial charge in [-0.2, -0.15) is 5.10 Å². The van der Waals surface area contributed by atoms with E-state index in [9.17, 15) is 4.79 Å². The number of hydrogen-bond donors (Lipinski definition) is 2. The summed E-state index contributed by atoms with van der Waals surface area (Å²) in [5.74, 6) is 0.907. The predicted molar refractivity (Wildman–Crippen MR) is 95.1 cm³/mol. The number of nitrogens with zero attached hydrogens (tertiary/aromatic N) is 3. The second-order valence-corrected chi connectivity index (χ2v) is 6.00. The van der Waals surface area contributed by atoms with Gasteiger partial charge >= 0.3 is 6.03 Å². The smallest absolute Gasteiger partial charge is 0.319 e. The fourth-order valence-corrected chi connectivity index (χ4v) is 2.45. The largest absolute Gasteiger partial charge is 0.449 e. The van der Waals surface area contributed by atoms with Gasteiger partial charge in [-0.3, -0.25) is 4.68 Å². The van der Waals surface area contributed by atoms with E-state index in [1.807, 2.05) is 41.2 Å². The lowest BCUT2D eigenvalue weighted by atomic mass is 10.1. The molecule has 3 aromatic rings. The molecule has 2 amide bonds. The molecule has 0 bridgehead atoms. The summed E-state index contributed by atoms with van der Waals surface area (Å²) in [6, 6.07) is 9.13. The fraction of sp³-hybridized carbons (Fsp3) is 0.278. The highest BCUT2D eigenvalue weighted by Gasteiger charge is 2.08. The van der Waals surface area contributed by atoms with Crippen molar-refractivity contribution in [2.75, 3.05) is 11.9 Å². The second kappa shape index (κ2) is 7.65. The SMILES string of the molecule is Cc1nc(-c2ccc(NC(=O)NCC(C)Cn3cccn3)cc2)co1. The Kier molecular flexibility index (Phi) is 5.13. The van der Waals surface area contributed by atoms with Gasteiger partial charge < -0.3 is 15.1 Å². The van der Waals surface area contributed by atoms with Gasteiger partial charge in [-0.25, -0.2) is 9.78 Å². The van der Waals surface area contributed by atoms with Crippen molar-refractivity contribution in [1.29, 1.82) is 0 Å². The minimum Gasteiger partial charge on any atom is -0.449 e. The van der Waals surface area contributed by atoms with Crippen LogP contribution in [0.2, 0.25) is 0 Å². The molecule has 0 saturated heterocycles. The monoisotopic (exact) mass is 339 g/mol. The molecule has 1 unspecified atom stereocenters. The lowest BCUT2D eigenvalue weighted by Crippen LogP contribution is -2.33. The molecule has 1 atom stereocenters. The van der Waals surface area contributed by atoms with Crippen LogP contribution in [0.25, 0.3) is 11.3 Å². The van der Waals surface area contributed by atoms with E-state index >= 15 is 0 Å². The summed E-state index contributed by atoms with van der Waals surface area (Å²) < 4.78 is 7.06. The summed E-state index contributed by atoms with van der Waals surface area (Å²) >= 11 is 0. The van der Waals surface area contributed by atoms with Crippen LogP contribution in [0.5, 0.6) is 0 Å². The Labute approximate surface area is 146 Å². The van der Waals surface area contributed by atoms with E-state index < -0.39 is 0 Å². The van der Waals surface area contributed by atoms with Crippen molar-refractivity contribution in [1.82, 2.24) is 20.1 Å². The maximum Gasteiger partial charge on any atom is 0.319 e. The lowest BCUT2D eigenvalue weighted by molar-refractivity contribution is 0.249. The number of anilines is 1. The number of aryl methyl sites for hydroxylation is 1. The van der Waals surface area contributed by atoms with Gasteiger partial charge in [0, 0.05) is 43.7 Å². The Morgan fingerprint density at radius 1 is 1.32 bits per heavy atom. The molecule has 0 saturated carbocycles. The number of hydrogen-bond acceptors (Lipinski definition) is 4. The fourth-order valence-electron chi connectivity index (χ4n) is 2.45. The number of oxazole rings is 1. The molecule has 0 fully saturated rings. The van der Waals surface area contributed by atoms with Crippen LogP contribution in [-0.4, -0.2) is 27.3 Å². The van der Waals surface area contributed by atoms with Crippen molar-refractivity contribution in [2.45, 2.75) is 20.4 Å². The zero-order valence-corrected chi connectivity index (χ0v) is 14.3. The first kappa shape index (κ1) is 16.8. The van der Waals surface area contributed by atoms with E-state index in [-0.39, 0.29) is 11.9 Å². The molecule has 0 spiro atoms. The number of amides is 2. The Hall–Kier alpha value is -3.09. The Bertz CT molecular complexity index is 808. The number of rotatable bonds is 6. The van der Waals surface area contributed by atoms with E-state index in [0.717, 1.165) is 23.5 Å². The van der Waals surface area contributed by atoms with Crippen LogP contribution in [0, 0.1) is 12.8 Å². The van der Waals surface area contributed by atoms with Crippen molar-refractivity contribution in [2.24, 2.45) is 5.92 Å². The van der Waals surface area contributed by atoms with Gasteiger partial charge in [0.2, 0.25) is 0 Å². The quantitative estimate of drug-likeness (QED) is 0.721. The molecule has 25 heavy (non-hydrogen) atoms. The average molecular weight is 339 g/mol. The van der Waals surface area contributed by atoms with Crippen molar-refractivity contribution in [3.63, 3.8) is 0 Å². The first-order valence-electron chi connectivity index (χ1n) is 8.15. The first-order valence-corrected chi connectivity index (χ1v) is 8.15. The van der Waals surface area contributed by atoms with Gasteiger partial charge in [0.25, 0.3) is 0 Å². The van der Waals surface area contributed by atoms with E-state index in [0.29, 0.717) is 12.4 Å². The molecular formula is C18H21N5O2. The first-order chi connectivity index (χ1) is 12.1. The Morgan fingerprint density at radius 3 is 2.76 bits per heavy atom. The van der Waals surface area contributed by atoms with Crippen LogP contribution < -0.4 is 10.6 Å². The summed E-state index contributed by atoms with van der Waals surface area (Å²) in [6.45, 7) is 5.20. The van der Waals surface area contributed by atoms with Gasteiger partial charge in [-0.1, -0.05) is 19.1 Å². The van der Waals surface area contributed by atoms with E-state index in [2.05, 4.69) is 27.6 Å². The number of carbonyl (C=O) groups excluding carboxylic acids is 1. The standard InChI is InChI=1S/C18H21N5O2/c1-13(11-23-9-3-8-20-23)10-19-18(24)22-16-6-4-15(5-7-16)17-12-25-14(2)21-17/h3-9,12-13H,10-11H2,1-2H3,(H2,19,22,24). The maximum absolute atomic E-state index is 12.0. The molecule has 2 aromatic heterocycles. The van der Waals surface area contributed by atoms with Crippen LogP contribution in [0.3, 0.4) is 0 Å². The third-order valence-electron chi connectivity index (χ3n) is 3.73. The highest BCUT2D eigenvalue weighted by atomic mass is 16.3. The van der Waals surface area contributed by atoms with Gasteiger partial charge in [0.05, 0.1) is 0 Å². The number of aromatic nitrogens is 3. The molecule has 0 aliphatic heterocycles. The van der Waals surface area contributed by atoms with Crippen molar-refractivity contribution >= 4 is 11.7 Å². The van der Waals surface area contributed by atoms with E-state index in [1.54, 1.807) is 19.4 Å². The topological polar surface area (TPSA) is 85.0 Å². The van der Waals surface area contributed by atoms with Gasteiger partial charge in [0.1, 0.15) is 12.0 Å². The molecule has 0 aliphatic carbocycles. The van der Waals surface area contributed by atoms with Crippen LogP contribution in [-0.2, 0) is 6.54 Å². The molecule has 0 aliphatic rings. The van der Waals surface area contributed by atoms with Gasteiger partial charge in [-0.15, -0.1) is 0 Å². The van der Waals surface area contributed by atoms with E-state index in [4.69, 9.17) is 4.42 Å². The van der Waals surface area contributed by atoms with Crippen molar-refractivity contribution < 1.29 is 9.21 Å². The predicted octanol–water partition coefficient (Wildman–Crippen LogP) is 3.30. The lowest BCUT2D eigenvalue weighted by Gasteiger charge is -2.13. The number of benzene rings is 1. The minimum absolute atomic E-state index is 0.225. The summed E-state index contributed by atoms with van der Waals surface area (Å²) in [5, 5.41) is 9.86. The van der Waals surface area contributed by atoms with Crippen molar-refractivity contribution in [3.8, 4) is 11.3 Å².